The van der Waals surface area contributed by atoms with Crippen LogP contribution < -0.4 is 0 Å². The van der Waals surface area contributed by atoms with Gasteiger partial charge in [0.25, 0.3) is 0 Å². The van der Waals surface area contributed by atoms with Crippen LogP contribution in [0.15, 0.2) is 41.4 Å². The third-order valence-electron chi connectivity index (χ3n) is 2.11. The minimum atomic E-state index is 0.0608. The van der Waals surface area contributed by atoms with Gasteiger partial charge in [0, 0.05) is 24.5 Å². The molecule has 1 amide bonds. The number of hydrogen-bond acceptors (Lipinski definition) is 1. The molecule has 0 atom stereocenters. The summed E-state index contributed by atoms with van der Waals surface area (Å²) in [6, 6.07) is 7.90. The second kappa shape index (κ2) is 5.71. The lowest BCUT2D eigenvalue weighted by Crippen LogP contribution is -2.28. The van der Waals surface area contributed by atoms with Gasteiger partial charge in [0.05, 0.1) is 0 Å². The van der Waals surface area contributed by atoms with Crippen LogP contribution in [0.3, 0.4) is 0 Å². The molecule has 1 aromatic carbocycles. The van der Waals surface area contributed by atoms with Crippen LogP contribution in [0, 0.1) is 0 Å². The first-order chi connectivity index (χ1) is 7.15. The van der Waals surface area contributed by atoms with Gasteiger partial charge in [-0.05, 0) is 11.6 Å². The number of halogens is 1. The van der Waals surface area contributed by atoms with Crippen molar-refractivity contribution in [2.24, 2.45) is 0 Å². The van der Waals surface area contributed by atoms with Gasteiger partial charge in [0.1, 0.15) is 0 Å². The summed E-state index contributed by atoms with van der Waals surface area (Å²) in [5.41, 5.74) is 1.11. The molecule has 0 saturated heterocycles. The molecule has 3 heteroatoms. The van der Waals surface area contributed by atoms with Gasteiger partial charge in [-0.2, -0.15) is 0 Å². The Morgan fingerprint density at radius 1 is 1.53 bits per heavy atom. The van der Waals surface area contributed by atoms with Gasteiger partial charge in [-0.25, -0.2) is 0 Å². The predicted octanol–water partition coefficient (Wildman–Crippen LogP) is 2.98. The van der Waals surface area contributed by atoms with E-state index in [4.69, 9.17) is 0 Å². The summed E-state index contributed by atoms with van der Waals surface area (Å²) in [6.45, 7) is 6.41. The topological polar surface area (TPSA) is 20.3 Å². The molecule has 0 heterocycles. The summed E-state index contributed by atoms with van der Waals surface area (Å²) in [6.07, 6.45) is 1.73. The highest BCUT2D eigenvalue weighted by Crippen LogP contribution is 2.17. The largest absolute Gasteiger partial charge is 0.335 e. The zero-order valence-electron chi connectivity index (χ0n) is 8.74. The minimum Gasteiger partial charge on any atom is -0.335 e. The number of carbonyl (C=O) groups is 1. The molecule has 1 aromatic rings. The SMILES string of the molecule is C=CCN(Cc1ccccc1Br)C(C)=O. The molecule has 0 aliphatic rings. The van der Waals surface area contributed by atoms with E-state index in [0.29, 0.717) is 13.1 Å². The summed E-state index contributed by atoms with van der Waals surface area (Å²) < 4.78 is 1.03. The Bertz CT molecular complexity index is 362. The summed E-state index contributed by atoms with van der Waals surface area (Å²) in [5.74, 6) is 0.0608. The van der Waals surface area contributed by atoms with Crippen molar-refractivity contribution >= 4 is 21.8 Å². The Kier molecular flexibility index (Phi) is 4.56. The van der Waals surface area contributed by atoms with Crippen LogP contribution in [0.2, 0.25) is 0 Å². The van der Waals surface area contributed by atoms with E-state index in [1.807, 2.05) is 24.3 Å². The number of rotatable bonds is 4. The van der Waals surface area contributed by atoms with E-state index >= 15 is 0 Å². The number of amides is 1. The predicted molar refractivity (Wildman–Crippen MR) is 65.4 cm³/mol. The van der Waals surface area contributed by atoms with Gasteiger partial charge in [-0.3, -0.25) is 4.79 Å². The van der Waals surface area contributed by atoms with Gasteiger partial charge in [0.15, 0.2) is 0 Å². The molecule has 0 aliphatic carbocycles. The molecule has 0 fully saturated rings. The first-order valence-corrected chi connectivity index (χ1v) is 5.54. The Hall–Kier alpha value is -1.09. The molecule has 0 radical (unpaired) electrons. The van der Waals surface area contributed by atoms with Gasteiger partial charge in [-0.1, -0.05) is 40.2 Å². The van der Waals surface area contributed by atoms with E-state index in [9.17, 15) is 4.79 Å². The number of carbonyl (C=O) groups excluding carboxylic acids is 1. The molecular formula is C12H14BrNO. The fourth-order valence-electron chi connectivity index (χ4n) is 1.29. The number of benzene rings is 1. The van der Waals surface area contributed by atoms with Crippen LogP contribution in [0.4, 0.5) is 0 Å². The average Bonchev–Trinajstić information content (AvgIpc) is 2.20. The van der Waals surface area contributed by atoms with E-state index in [0.717, 1.165) is 10.0 Å². The lowest BCUT2D eigenvalue weighted by atomic mass is 10.2. The third-order valence-corrected chi connectivity index (χ3v) is 2.89. The zero-order chi connectivity index (χ0) is 11.3. The Morgan fingerprint density at radius 3 is 2.73 bits per heavy atom. The van der Waals surface area contributed by atoms with Gasteiger partial charge in [-0.15, -0.1) is 6.58 Å². The minimum absolute atomic E-state index is 0.0608. The van der Waals surface area contributed by atoms with E-state index in [1.54, 1.807) is 17.9 Å². The van der Waals surface area contributed by atoms with E-state index in [2.05, 4.69) is 22.5 Å². The molecule has 0 bridgehead atoms. The van der Waals surface area contributed by atoms with Crippen molar-refractivity contribution in [1.82, 2.24) is 4.90 Å². The van der Waals surface area contributed by atoms with Crippen molar-refractivity contribution in [2.45, 2.75) is 13.5 Å². The van der Waals surface area contributed by atoms with Crippen LogP contribution in [0.1, 0.15) is 12.5 Å². The highest BCUT2D eigenvalue weighted by molar-refractivity contribution is 9.10. The summed E-state index contributed by atoms with van der Waals surface area (Å²) in [4.78, 5) is 13.1. The summed E-state index contributed by atoms with van der Waals surface area (Å²) >= 11 is 3.46. The standard InChI is InChI=1S/C12H14BrNO/c1-3-8-14(10(2)15)9-11-6-4-5-7-12(11)13/h3-7H,1,8-9H2,2H3. The summed E-state index contributed by atoms with van der Waals surface area (Å²) in [5, 5.41) is 0. The molecule has 0 aromatic heterocycles. The van der Waals surface area contributed by atoms with Crippen molar-refractivity contribution in [3.63, 3.8) is 0 Å². The quantitative estimate of drug-likeness (QED) is 0.769. The van der Waals surface area contributed by atoms with Crippen molar-refractivity contribution < 1.29 is 4.79 Å². The first-order valence-electron chi connectivity index (χ1n) is 4.75. The van der Waals surface area contributed by atoms with Crippen LogP contribution in [0.5, 0.6) is 0 Å². The second-order valence-electron chi connectivity index (χ2n) is 3.28. The fourth-order valence-corrected chi connectivity index (χ4v) is 1.70. The Labute approximate surface area is 98.7 Å². The molecule has 0 N–H and O–H groups in total. The molecule has 0 aliphatic heterocycles. The monoisotopic (exact) mass is 267 g/mol. The molecule has 0 saturated carbocycles. The molecule has 1 rings (SSSR count). The Balaban J connectivity index is 2.78. The van der Waals surface area contributed by atoms with Crippen LogP contribution in [0.25, 0.3) is 0 Å². The van der Waals surface area contributed by atoms with Crippen LogP contribution in [-0.4, -0.2) is 17.4 Å². The molecule has 2 nitrogen and oxygen atoms in total. The maximum atomic E-state index is 11.3. The maximum absolute atomic E-state index is 11.3. The first kappa shape index (κ1) is 12.0. The van der Waals surface area contributed by atoms with Crippen molar-refractivity contribution in [1.29, 1.82) is 0 Å². The molecular weight excluding hydrogens is 254 g/mol. The Morgan fingerprint density at radius 2 is 2.20 bits per heavy atom. The molecule has 15 heavy (non-hydrogen) atoms. The van der Waals surface area contributed by atoms with Crippen molar-refractivity contribution in [3.05, 3.63) is 47.0 Å². The van der Waals surface area contributed by atoms with Crippen molar-refractivity contribution in [2.75, 3.05) is 6.54 Å². The van der Waals surface area contributed by atoms with Crippen molar-refractivity contribution in [3.8, 4) is 0 Å². The van der Waals surface area contributed by atoms with Crippen LogP contribution >= 0.6 is 15.9 Å². The second-order valence-corrected chi connectivity index (χ2v) is 4.13. The normalized spacial score (nSPS) is 9.73. The van der Waals surface area contributed by atoms with Gasteiger partial charge in [0.2, 0.25) is 5.91 Å². The smallest absolute Gasteiger partial charge is 0.220 e. The number of hydrogen-bond donors (Lipinski definition) is 0. The lowest BCUT2D eigenvalue weighted by molar-refractivity contribution is -0.128. The van der Waals surface area contributed by atoms with Gasteiger partial charge < -0.3 is 4.90 Å². The highest BCUT2D eigenvalue weighted by Gasteiger charge is 2.08. The van der Waals surface area contributed by atoms with E-state index < -0.39 is 0 Å². The average molecular weight is 268 g/mol. The van der Waals surface area contributed by atoms with E-state index in [1.165, 1.54) is 0 Å². The molecule has 80 valence electrons. The van der Waals surface area contributed by atoms with Crippen LogP contribution in [-0.2, 0) is 11.3 Å². The summed E-state index contributed by atoms with van der Waals surface area (Å²) in [7, 11) is 0. The highest BCUT2D eigenvalue weighted by atomic mass is 79.9. The fraction of sp³-hybridized carbons (Fsp3) is 0.250. The number of nitrogens with zero attached hydrogens (tertiary/aromatic N) is 1. The van der Waals surface area contributed by atoms with Gasteiger partial charge >= 0.3 is 0 Å². The zero-order valence-corrected chi connectivity index (χ0v) is 10.3. The molecule has 0 unspecified atom stereocenters. The molecule has 0 spiro atoms. The third kappa shape index (κ3) is 3.51. The lowest BCUT2D eigenvalue weighted by Gasteiger charge is -2.19. The van der Waals surface area contributed by atoms with E-state index in [-0.39, 0.29) is 5.91 Å². The maximum Gasteiger partial charge on any atom is 0.220 e.